The first-order valence-electron chi connectivity index (χ1n) is 19.5. The molecule has 1 aliphatic heterocycles. The van der Waals surface area contributed by atoms with Gasteiger partial charge in [-0.25, -0.2) is 14.3 Å². The van der Waals surface area contributed by atoms with Gasteiger partial charge >= 0.3 is 12.2 Å². The molecule has 2 heterocycles. The maximum atomic E-state index is 13.3. The first-order valence-corrected chi connectivity index (χ1v) is 19.5. The van der Waals surface area contributed by atoms with Gasteiger partial charge in [-0.15, -0.1) is 5.10 Å². The highest BCUT2D eigenvalue weighted by Gasteiger charge is 2.27. The standard InChI is InChI=1S/C38H69N7O6/c1-9-30(2)28-31-29-45(42-41-31)32(20-17-19-23-40-35(48)50-37(3,4)5)34(47)39-22-18-15-13-11-10-12-14-16-21-33(46)43-24-26-44(27-25-43)36(49)51-38(6,7)8/h29-30,32H,9-28H2,1-8H3,(H,39,47)(H,40,48)/t30-,32-/m0/s1. The summed E-state index contributed by atoms with van der Waals surface area (Å²) in [7, 11) is 0. The minimum Gasteiger partial charge on any atom is -0.444 e. The van der Waals surface area contributed by atoms with Crippen LogP contribution in [0.4, 0.5) is 9.59 Å². The van der Waals surface area contributed by atoms with Crippen LogP contribution in [-0.2, 0) is 25.5 Å². The van der Waals surface area contributed by atoms with Crippen LogP contribution in [0.25, 0.3) is 0 Å². The number of hydrogen-bond acceptors (Lipinski definition) is 8. The first kappa shape index (κ1) is 43.8. The predicted octanol–water partition coefficient (Wildman–Crippen LogP) is 6.81. The van der Waals surface area contributed by atoms with E-state index in [1.165, 1.54) is 0 Å². The fourth-order valence-electron chi connectivity index (χ4n) is 5.83. The number of carbonyl (C=O) groups is 4. The number of alkyl carbamates (subject to hydrolysis) is 1. The summed E-state index contributed by atoms with van der Waals surface area (Å²) in [5.74, 6) is 0.625. The Kier molecular flexibility index (Phi) is 19.3. The van der Waals surface area contributed by atoms with E-state index in [4.69, 9.17) is 9.47 Å². The molecule has 4 amide bonds. The number of amides is 4. The summed E-state index contributed by atoms with van der Waals surface area (Å²) in [6.07, 6.45) is 14.1. The molecule has 2 rings (SSSR count). The smallest absolute Gasteiger partial charge is 0.410 e. The Morgan fingerprint density at radius 2 is 1.31 bits per heavy atom. The van der Waals surface area contributed by atoms with E-state index in [2.05, 4.69) is 34.8 Å². The highest BCUT2D eigenvalue weighted by molar-refractivity contribution is 5.80. The average molecular weight is 720 g/mol. The Balaban J connectivity index is 1.61. The molecule has 0 radical (unpaired) electrons. The van der Waals surface area contributed by atoms with E-state index in [0.717, 1.165) is 82.7 Å². The van der Waals surface area contributed by atoms with Crippen LogP contribution in [0, 0.1) is 5.92 Å². The van der Waals surface area contributed by atoms with Gasteiger partial charge in [-0.3, -0.25) is 9.59 Å². The van der Waals surface area contributed by atoms with Crippen LogP contribution in [0.3, 0.4) is 0 Å². The second kappa shape index (κ2) is 22.5. The zero-order valence-electron chi connectivity index (χ0n) is 33.1. The summed E-state index contributed by atoms with van der Waals surface area (Å²) in [4.78, 5) is 53.7. The SMILES string of the molecule is CC[C@H](C)Cc1cn([C@@H](CCCCNC(=O)OC(C)(C)C)C(=O)NCCCCCCCCCCC(=O)N2CCN(C(=O)OC(C)(C)C)CC2)nn1. The van der Waals surface area contributed by atoms with Crippen molar-refractivity contribution in [3.8, 4) is 0 Å². The molecule has 1 aromatic rings. The van der Waals surface area contributed by atoms with Crippen molar-refractivity contribution in [2.24, 2.45) is 5.92 Å². The quantitative estimate of drug-likeness (QED) is 0.132. The second-order valence-corrected chi connectivity index (χ2v) is 16.1. The van der Waals surface area contributed by atoms with Gasteiger partial charge in [0.1, 0.15) is 17.2 Å². The normalized spacial score (nSPS) is 14.9. The summed E-state index contributed by atoms with van der Waals surface area (Å²) < 4.78 is 12.4. The Labute approximate surface area is 307 Å². The van der Waals surface area contributed by atoms with Gasteiger partial charge in [-0.05, 0) is 86.0 Å². The summed E-state index contributed by atoms with van der Waals surface area (Å²) in [5.41, 5.74) is -0.159. The van der Waals surface area contributed by atoms with Crippen molar-refractivity contribution in [1.82, 2.24) is 35.4 Å². The van der Waals surface area contributed by atoms with Crippen LogP contribution in [-0.4, -0.2) is 99.3 Å². The molecule has 1 fully saturated rings. The van der Waals surface area contributed by atoms with Crippen molar-refractivity contribution in [2.75, 3.05) is 39.3 Å². The van der Waals surface area contributed by atoms with Gasteiger partial charge in [0, 0.05) is 51.9 Å². The zero-order chi connectivity index (χ0) is 37.9. The van der Waals surface area contributed by atoms with Crippen molar-refractivity contribution in [2.45, 2.75) is 163 Å². The Hall–Kier alpha value is -3.38. The third-order valence-corrected chi connectivity index (χ3v) is 8.91. The Morgan fingerprint density at radius 1 is 0.765 bits per heavy atom. The number of hydrogen-bond donors (Lipinski definition) is 2. The molecule has 13 nitrogen and oxygen atoms in total. The lowest BCUT2D eigenvalue weighted by Crippen LogP contribution is -2.51. The van der Waals surface area contributed by atoms with E-state index >= 15 is 0 Å². The number of piperazine rings is 1. The van der Waals surface area contributed by atoms with Gasteiger partial charge in [-0.2, -0.15) is 0 Å². The number of nitrogens with zero attached hydrogens (tertiary/aromatic N) is 5. The number of ether oxygens (including phenoxy) is 2. The van der Waals surface area contributed by atoms with Crippen molar-refractivity contribution in [1.29, 1.82) is 0 Å². The average Bonchev–Trinajstić information content (AvgIpc) is 3.51. The van der Waals surface area contributed by atoms with Crippen LogP contribution in [0.5, 0.6) is 0 Å². The molecule has 2 N–H and O–H groups in total. The van der Waals surface area contributed by atoms with E-state index in [1.54, 1.807) is 9.58 Å². The lowest BCUT2D eigenvalue weighted by molar-refractivity contribution is -0.133. The molecule has 0 bridgehead atoms. The molecular formula is C38H69N7O6. The molecule has 292 valence electrons. The van der Waals surface area contributed by atoms with E-state index in [0.29, 0.717) is 58.0 Å². The maximum absolute atomic E-state index is 13.3. The van der Waals surface area contributed by atoms with Crippen molar-refractivity contribution in [3.05, 3.63) is 11.9 Å². The van der Waals surface area contributed by atoms with E-state index in [-0.39, 0.29) is 17.9 Å². The topological polar surface area (TPSA) is 148 Å². The first-order chi connectivity index (χ1) is 24.1. The molecule has 0 aromatic carbocycles. The fourth-order valence-corrected chi connectivity index (χ4v) is 5.83. The highest BCUT2D eigenvalue weighted by atomic mass is 16.6. The fraction of sp³-hybridized carbons (Fsp3) is 0.842. The monoisotopic (exact) mass is 720 g/mol. The molecule has 0 saturated carbocycles. The van der Waals surface area contributed by atoms with Crippen molar-refractivity contribution >= 4 is 24.0 Å². The van der Waals surface area contributed by atoms with E-state index < -0.39 is 23.3 Å². The lowest BCUT2D eigenvalue weighted by Gasteiger charge is -2.35. The molecule has 2 atom stereocenters. The summed E-state index contributed by atoms with van der Waals surface area (Å²) >= 11 is 0. The number of carbonyl (C=O) groups excluding carboxylic acids is 4. The lowest BCUT2D eigenvalue weighted by atomic mass is 10.0. The van der Waals surface area contributed by atoms with Gasteiger partial charge < -0.3 is 29.9 Å². The summed E-state index contributed by atoms with van der Waals surface area (Å²) in [6.45, 7) is 18.7. The Bertz CT molecular complexity index is 1180. The third-order valence-electron chi connectivity index (χ3n) is 8.91. The summed E-state index contributed by atoms with van der Waals surface area (Å²) in [5, 5.41) is 14.6. The minimum atomic E-state index is -0.540. The molecule has 51 heavy (non-hydrogen) atoms. The molecule has 0 unspecified atom stereocenters. The largest absolute Gasteiger partial charge is 0.444 e. The second-order valence-electron chi connectivity index (χ2n) is 16.1. The molecular weight excluding hydrogens is 650 g/mol. The van der Waals surface area contributed by atoms with Crippen LogP contribution in [0.2, 0.25) is 0 Å². The van der Waals surface area contributed by atoms with Gasteiger partial charge in [0.25, 0.3) is 0 Å². The Morgan fingerprint density at radius 3 is 1.92 bits per heavy atom. The van der Waals surface area contributed by atoms with Crippen LogP contribution in [0.1, 0.15) is 151 Å². The molecule has 0 spiro atoms. The van der Waals surface area contributed by atoms with Crippen molar-refractivity contribution in [3.63, 3.8) is 0 Å². The predicted molar refractivity (Wildman–Crippen MR) is 199 cm³/mol. The van der Waals surface area contributed by atoms with Crippen molar-refractivity contribution < 1.29 is 28.7 Å². The van der Waals surface area contributed by atoms with Gasteiger partial charge in [-0.1, -0.05) is 64.0 Å². The number of unbranched alkanes of at least 4 members (excludes halogenated alkanes) is 8. The molecule has 13 heteroatoms. The molecule has 0 aliphatic carbocycles. The number of rotatable bonds is 21. The summed E-state index contributed by atoms with van der Waals surface area (Å²) in [6, 6.07) is -0.446. The number of nitrogens with one attached hydrogen (secondary N) is 2. The van der Waals surface area contributed by atoms with Gasteiger partial charge in [0.15, 0.2) is 0 Å². The van der Waals surface area contributed by atoms with Gasteiger partial charge in [0.2, 0.25) is 11.8 Å². The zero-order valence-corrected chi connectivity index (χ0v) is 33.1. The molecule has 1 aliphatic rings. The van der Waals surface area contributed by atoms with Crippen LogP contribution < -0.4 is 10.6 Å². The molecule has 1 aromatic heterocycles. The third kappa shape index (κ3) is 19.1. The van der Waals surface area contributed by atoms with E-state index in [1.807, 2.05) is 52.6 Å². The van der Waals surface area contributed by atoms with Crippen LogP contribution >= 0.6 is 0 Å². The molecule has 1 saturated heterocycles. The van der Waals surface area contributed by atoms with Gasteiger partial charge in [0.05, 0.1) is 5.69 Å². The maximum Gasteiger partial charge on any atom is 0.410 e. The number of aromatic nitrogens is 3. The highest BCUT2D eigenvalue weighted by Crippen LogP contribution is 2.18. The van der Waals surface area contributed by atoms with Crippen LogP contribution in [0.15, 0.2) is 6.20 Å². The van der Waals surface area contributed by atoms with E-state index in [9.17, 15) is 19.2 Å². The minimum absolute atomic E-state index is 0.0467.